The van der Waals surface area contributed by atoms with E-state index < -0.39 is 0 Å². The maximum absolute atomic E-state index is 6.16. The molecule has 23 heavy (non-hydrogen) atoms. The van der Waals surface area contributed by atoms with Gasteiger partial charge in [-0.3, -0.25) is 0 Å². The van der Waals surface area contributed by atoms with E-state index >= 15 is 0 Å². The van der Waals surface area contributed by atoms with E-state index in [-0.39, 0.29) is 24.0 Å². The Morgan fingerprint density at radius 3 is 2.74 bits per heavy atom. The zero-order chi connectivity index (χ0) is 15.8. The second-order valence-electron chi connectivity index (χ2n) is 4.83. The first-order chi connectivity index (χ1) is 10.7. The SMILES string of the molecule is CCNC(=NCc1ncc(C)s1)NCCc1ccccc1Cl.I. The minimum Gasteiger partial charge on any atom is -0.357 e. The van der Waals surface area contributed by atoms with Crippen molar-refractivity contribution in [3.8, 4) is 0 Å². The van der Waals surface area contributed by atoms with Gasteiger partial charge in [0.15, 0.2) is 5.96 Å². The molecular formula is C16H22ClIN4S. The summed E-state index contributed by atoms with van der Waals surface area (Å²) in [6.45, 7) is 6.32. The summed E-state index contributed by atoms with van der Waals surface area (Å²) < 4.78 is 0. The smallest absolute Gasteiger partial charge is 0.191 e. The summed E-state index contributed by atoms with van der Waals surface area (Å²) in [5.41, 5.74) is 1.14. The number of guanidine groups is 1. The molecule has 2 N–H and O–H groups in total. The third-order valence-electron chi connectivity index (χ3n) is 3.03. The average molecular weight is 465 g/mol. The van der Waals surface area contributed by atoms with Crippen molar-refractivity contribution in [1.82, 2.24) is 15.6 Å². The molecule has 126 valence electrons. The summed E-state index contributed by atoms with van der Waals surface area (Å²) in [4.78, 5) is 10.1. The van der Waals surface area contributed by atoms with Gasteiger partial charge in [-0.1, -0.05) is 29.8 Å². The Morgan fingerprint density at radius 1 is 1.30 bits per heavy atom. The Balaban J connectivity index is 0.00000264. The maximum Gasteiger partial charge on any atom is 0.191 e. The van der Waals surface area contributed by atoms with Crippen molar-refractivity contribution < 1.29 is 0 Å². The molecule has 0 fully saturated rings. The molecule has 2 rings (SSSR count). The molecule has 0 spiro atoms. The number of nitrogens with one attached hydrogen (secondary N) is 2. The van der Waals surface area contributed by atoms with Crippen molar-refractivity contribution in [2.24, 2.45) is 4.99 Å². The lowest BCUT2D eigenvalue weighted by molar-refractivity contribution is 0.799. The van der Waals surface area contributed by atoms with Crippen molar-refractivity contribution >= 4 is 52.9 Å². The van der Waals surface area contributed by atoms with Crippen molar-refractivity contribution in [2.75, 3.05) is 13.1 Å². The molecule has 0 amide bonds. The highest BCUT2D eigenvalue weighted by Crippen LogP contribution is 2.15. The van der Waals surface area contributed by atoms with Crippen molar-refractivity contribution in [3.63, 3.8) is 0 Å². The monoisotopic (exact) mass is 464 g/mol. The highest BCUT2D eigenvalue weighted by Gasteiger charge is 2.02. The van der Waals surface area contributed by atoms with Crippen LogP contribution in [0.5, 0.6) is 0 Å². The molecule has 0 radical (unpaired) electrons. The average Bonchev–Trinajstić information content (AvgIpc) is 2.92. The molecular weight excluding hydrogens is 443 g/mol. The van der Waals surface area contributed by atoms with E-state index in [1.54, 1.807) is 11.3 Å². The fraction of sp³-hybridized carbons (Fsp3) is 0.375. The number of aromatic nitrogens is 1. The number of benzene rings is 1. The van der Waals surface area contributed by atoms with Crippen LogP contribution in [0.1, 0.15) is 22.4 Å². The van der Waals surface area contributed by atoms with Gasteiger partial charge in [0.1, 0.15) is 5.01 Å². The number of hydrogen-bond donors (Lipinski definition) is 2. The fourth-order valence-electron chi connectivity index (χ4n) is 1.98. The summed E-state index contributed by atoms with van der Waals surface area (Å²) >= 11 is 7.84. The standard InChI is InChI=1S/C16H21ClN4S.HI/c1-3-18-16(21-11-15-20-10-12(2)22-15)19-9-8-13-6-4-5-7-14(13)17;/h4-7,10H,3,8-9,11H2,1-2H3,(H2,18,19,21);1H. The van der Waals surface area contributed by atoms with E-state index in [0.717, 1.165) is 41.1 Å². The maximum atomic E-state index is 6.16. The van der Waals surface area contributed by atoms with E-state index in [4.69, 9.17) is 11.6 Å². The third-order valence-corrected chi connectivity index (χ3v) is 4.30. The molecule has 0 saturated carbocycles. The molecule has 2 aromatic rings. The molecule has 1 aromatic carbocycles. The zero-order valence-electron chi connectivity index (χ0n) is 13.3. The Bertz CT molecular complexity index is 630. The van der Waals surface area contributed by atoms with E-state index in [2.05, 4.69) is 34.5 Å². The Hall–Kier alpha value is -0.860. The molecule has 4 nitrogen and oxygen atoms in total. The molecule has 1 aromatic heterocycles. The minimum absolute atomic E-state index is 0. The van der Waals surface area contributed by atoms with Crippen LogP contribution < -0.4 is 10.6 Å². The minimum atomic E-state index is 0. The quantitative estimate of drug-likeness (QED) is 0.386. The number of aryl methyl sites for hydroxylation is 1. The fourth-order valence-corrected chi connectivity index (χ4v) is 2.92. The lowest BCUT2D eigenvalue weighted by atomic mass is 10.1. The second-order valence-corrected chi connectivity index (χ2v) is 6.55. The lowest BCUT2D eigenvalue weighted by Crippen LogP contribution is -2.38. The van der Waals surface area contributed by atoms with Crippen LogP contribution in [-0.2, 0) is 13.0 Å². The first kappa shape index (κ1) is 20.2. The van der Waals surface area contributed by atoms with E-state index in [9.17, 15) is 0 Å². The molecule has 0 aliphatic heterocycles. The summed E-state index contributed by atoms with van der Waals surface area (Å²) in [7, 11) is 0. The second kappa shape index (κ2) is 10.8. The van der Waals surface area contributed by atoms with Gasteiger partial charge >= 0.3 is 0 Å². The first-order valence-corrected chi connectivity index (χ1v) is 8.55. The topological polar surface area (TPSA) is 49.3 Å². The highest BCUT2D eigenvalue weighted by atomic mass is 127. The van der Waals surface area contributed by atoms with Crippen LogP contribution in [0.3, 0.4) is 0 Å². The molecule has 7 heteroatoms. The number of thiazole rings is 1. The number of hydrogen-bond acceptors (Lipinski definition) is 3. The summed E-state index contributed by atoms with van der Waals surface area (Å²) in [5, 5.41) is 8.41. The van der Waals surface area contributed by atoms with Gasteiger partial charge in [-0.2, -0.15) is 0 Å². The molecule has 0 atom stereocenters. The summed E-state index contributed by atoms with van der Waals surface area (Å²) in [6.07, 6.45) is 2.74. The number of rotatable bonds is 6. The third kappa shape index (κ3) is 7.05. The lowest BCUT2D eigenvalue weighted by Gasteiger charge is -2.11. The van der Waals surface area contributed by atoms with Gasteiger partial charge < -0.3 is 10.6 Å². The van der Waals surface area contributed by atoms with Gasteiger partial charge in [0, 0.05) is 29.2 Å². The van der Waals surface area contributed by atoms with Gasteiger partial charge in [0.2, 0.25) is 0 Å². The predicted octanol–water partition coefficient (Wildman–Crippen LogP) is 4.02. The van der Waals surface area contributed by atoms with E-state index in [1.165, 1.54) is 4.88 Å². The highest BCUT2D eigenvalue weighted by molar-refractivity contribution is 14.0. The van der Waals surface area contributed by atoms with Crippen molar-refractivity contribution in [1.29, 1.82) is 0 Å². The molecule has 0 saturated heterocycles. The first-order valence-electron chi connectivity index (χ1n) is 7.36. The summed E-state index contributed by atoms with van der Waals surface area (Å²) in [6, 6.07) is 7.92. The van der Waals surface area contributed by atoms with Crippen LogP contribution in [0, 0.1) is 6.92 Å². The van der Waals surface area contributed by atoms with Gasteiger partial charge in [-0.25, -0.2) is 9.98 Å². The number of nitrogens with zero attached hydrogens (tertiary/aromatic N) is 2. The van der Waals surface area contributed by atoms with Crippen LogP contribution in [0.25, 0.3) is 0 Å². The molecule has 0 bridgehead atoms. The number of halogens is 2. The van der Waals surface area contributed by atoms with E-state index in [0.29, 0.717) is 6.54 Å². The van der Waals surface area contributed by atoms with Gasteiger partial charge in [-0.05, 0) is 31.9 Å². The molecule has 0 aliphatic rings. The Labute approximate surface area is 163 Å². The van der Waals surface area contributed by atoms with E-state index in [1.807, 2.05) is 30.5 Å². The van der Waals surface area contributed by atoms with Crippen molar-refractivity contribution in [2.45, 2.75) is 26.8 Å². The van der Waals surface area contributed by atoms with Crippen LogP contribution >= 0.6 is 46.9 Å². The van der Waals surface area contributed by atoms with Gasteiger partial charge in [0.05, 0.1) is 6.54 Å². The largest absolute Gasteiger partial charge is 0.357 e. The Morgan fingerprint density at radius 2 is 2.09 bits per heavy atom. The summed E-state index contributed by atoms with van der Waals surface area (Å²) in [5.74, 6) is 0.808. The van der Waals surface area contributed by atoms with Gasteiger partial charge in [-0.15, -0.1) is 35.3 Å². The van der Waals surface area contributed by atoms with Crippen molar-refractivity contribution in [3.05, 3.63) is 50.9 Å². The molecule has 1 heterocycles. The van der Waals surface area contributed by atoms with Crippen LogP contribution in [-0.4, -0.2) is 24.0 Å². The number of aliphatic imine (C=N–C) groups is 1. The van der Waals surface area contributed by atoms with Crippen LogP contribution in [0.2, 0.25) is 5.02 Å². The normalized spacial score (nSPS) is 11.0. The van der Waals surface area contributed by atoms with Crippen LogP contribution in [0.4, 0.5) is 0 Å². The van der Waals surface area contributed by atoms with Gasteiger partial charge in [0.25, 0.3) is 0 Å². The predicted molar refractivity (Wildman–Crippen MR) is 110 cm³/mol. The van der Waals surface area contributed by atoms with Crippen LogP contribution in [0.15, 0.2) is 35.5 Å². The molecule has 0 aliphatic carbocycles. The molecule has 0 unspecified atom stereocenters. The Kier molecular flexibility index (Phi) is 9.50. The zero-order valence-corrected chi connectivity index (χ0v) is 17.2.